The smallest absolute Gasteiger partial charge is 0.288 e. The van der Waals surface area contributed by atoms with E-state index in [1.807, 2.05) is 36.4 Å². The fourth-order valence-corrected chi connectivity index (χ4v) is 18.5. The van der Waals surface area contributed by atoms with Crippen LogP contribution >= 0.6 is 66.7 Å². The second kappa shape index (κ2) is 19.9. The summed E-state index contributed by atoms with van der Waals surface area (Å²) in [6.07, 6.45) is 13.9. The molecule has 7 aromatic rings. The number of nitrogens with zero attached hydrogens (tertiary/aromatic N) is 2. The number of hydrogen-bond donors (Lipinski definition) is 0. The molecule has 6 aliphatic rings. The molecule has 2 aliphatic carbocycles. The van der Waals surface area contributed by atoms with E-state index in [1.54, 1.807) is 44.2 Å². The number of thiophene rings is 1. The Labute approximate surface area is 502 Å². The van der Waals surface area contributed by atoms with Gasteiger partial charge in [-0.2, -0.15) is 26.3 Å². The van der Waals surface area contributed by atoms with E-state index in [-0.39, 0.29) is 56.3 Å². The first-order chi connectivity index (χ1) is 39.5. The standard InChI is InChI=1S/C65H50Br2F6N2O5S3/c1-5-7-9-11-13-33(14-12-10-8-6-2)74-57(77)40-23-19-36-38-21-25-42-53-43(26-22-39(51(38)53)37-20-24-41(58(74)78)52(40)50(36)37)60(80)75(59(42)79)34-17-15-32(16-18-34)56(76)47-28-27-46(81-47)48-31-45-55-54(63(68,69)65(72,73)64(55,70)71)44-29-35(30-49(66)67)82-61(44,3)62(45,4)83-48/h15-31,33H,5-14H2,1-4H3. The number of benzene rings is 6. The Bertz CT molecular complexity index is 4120. The van der Waals surface area contributed by atoms with Gasteiger partial charge < -0.3 is 0 Å². The van der Waals surface area contributed by atoms with Crippen molar-refractivity contribution < 1.29 is 50.3 Å². The van der Waals surface area contributed by atoms with Crippen LogP contribution in [0.3, 0.4) is 0 Å². The third kappa shape index (κ3) is 7.92. The van der Waals surface area contributed by atoms with E-state index < -0.39 is 56.0 Å². The van der Waals surface area contributed by atoms with Crippen molar-refractivity contribution in [1.82, 2.24) is 4.90 Å². The number of hydrogen-bond acceptors (Lipinski definition) is 8. The highest BCUT2D eigenvalue weighted by Gasteiger charge is 2.84. The predicted molar refractivity (Wildman–Crippen MR) is 328 cm³/mol. The Morgan fingerprint density at radius 1 is 0.566 bits per heavy atom. The van der Waals surface area contributed by atoms with Gasteiger partial charge in [0.15, 0.2) is 0 Å². The number of imide groups is 2. The molecule has 0 radical (unpaired) electrons. The Morgan fingerprint density at radius 3 is 1.52 bits per heavy atom. The van der Waals surface area contributed by atoms with Crippen molar-refractivity contribution in [2.45, 2.75) is 125 Å². The minimum Gasteiger partial charge on any atom is -0.288 e. The van der Waals surface area contributed by atoms with E-state index in [4.69, 9.17) is 0 Å². The van der Waals surface area contributed by atoms with Crippen molar-refractivity contribution in [1.29, 1.82) is 0 Å². The van der Waals surface area contributed by atoms with Crippen LogP contribution in [0.2, 0.25) is 0 Å². The highest BCUT2D eigenvalue weighted by Crippen LogP contribution is 2.75. The van der Waals surface area contributed by atoms with Gasteiger partial charge in [0, 0.05) is 70.5 Å². The quantitative estimate of drug-likeness (QED) is 0.0238. The lowest BCUT2D eigenvalue weighted by Gasteiger charge is -2.47. The molecule has 1 saturated carbocycles. The number of ketones is 1. The highest BCUT2D eigenvalue weighted by molar-refractivity contribution is 9.28. The maximum atomic E-state index is 15.9. The molecule has 4 amide bonds. The van der Waals surface area contributed by atoms with Crippen LogP contribution in [0.15, 0.2) is 134 Å². The van der Waals surface area contributed by atoms with Crippen molar-refractivity contribution in [2.75, 3.05) is 4.90 Å². The van der Waals surface area contributed by atoms with Crippen molar-refractivity contribution in [3.05, 3.63) is 171 Å². The summed E-state index contributed by atoms with van der Waals surface area (Å²) in [6.45, 7) is 7.52. The molecule has 5 heterocycles. The van der Waals surface area contributed by atoms with E-state index in [2.05, 4.69) is 45.7 Å². The number of unbranched alkanes of at least 4 members (excludes halogenated alkanes) is 6. The van der Waals surface area contributed by atoms with E-state index in [9.17, 15) is 24.0 Å². The van der Waals surface area contributed by atoms with Crippen LogP contribution in [0.1, 0.15) is 153 Å². The third-order valence-electron chi connectivity index (χ3n) is 17.9. The molecule has 4 aliphatic heterocycles. The van der Waals surface area contributed by atoms with Crippen LogP contribution in [-0.2, 0) is 0 Å². The van der Waals surface area contributed by atoms with Crippen LogP contribution < -0.4 is 4.90 Å². The number of fused-ring (bicyclic) bond motifs is 6. The second-order valence-corrected chi connectivity index (χ2v) is 29.3. The van der Waals surface area contributed by atoms with Gasteiger partial charge in [0.2, 0.25) is 5.78 Å². The topological polar surface area (TPSA) is 91.8 Å². The summed E-state index contributed by atoms with van der Waals surface area (Å²) < 4.78 is 91.8. The Morgan fingerprint density at radius 2 is 1.04 bits per heavy atom. The summed E-state index contributed by atoms with van der Waals surface area (Å²) in [5, 5.41) is 5.69. The molecule has 0 bridgehead atoms. The number of thioether (sulfide) groups is 2. The summed E-state index contributed by atoms with van der Waals surface area (Å²) in [6, 6.07) is 23.5. The first-order valence-corrected chi connectivity index (χ1v) is 31.8. The summed E-state index contributed by atoms with van der Waals surface area (Å²) in [5.74, 6) is -18.2. The zero-order valence-corrected chi connectivity index (χ0v) is 50.8. The monoisotopic (exact) mass is 1310 g/mol. The van der Waals surface area contributed by atoms with Crippen LogP contribution in [0.5, 0.6) is 0 Å². The lowest BCUT2D eigenvalue weighted by atomic mass is 9.71. The molecule has 1 aromatic heterocycles. The van der Waals surface area contributed by atoms with Crippen LogP contribution in [0.4, 0.5) is 32.0 Å². The van der Waals surface area contributed by atoms with E-state index in [0.29, 0.717) is 45.4 Å². The van der Waals surface area contributed by atoms with E-state index in [0.717, 1.165) is 131 Å². The zero-order valence-electron chi connectivity index (χ0n) is 45.1. The number of alkyl halides is 6. The van der Waals surface area contributed by atoms with Crippen molar-refractivity contribution in [2.24, 2.45) is 0 Å². The molecular weight excluding hydrogens is 1260 g/mol. The van der Waals surface area contributed by atoms with Gasteiger partial charge in [-0.05, 0) is 181 Å². The molecule has 0 saturated heterocycles. The molecule has 18 heteroatoms. The van der Waals surface area contributed by atoms with Gasteiger partial charge in [-0.25, -0.2) is 4.90 Å². The molecule has 2 atom stereocenters. The van der Waals surface area contributed by atoms with Crippen molar-refractivity contribution in [3.63, 3.8) is 0 Å². The summed E-state index contributed by atoms with van der Waals surface area (Å²) in [7, 11) is 0. The number of carbonyl (C=O) groups excluding carboxylic acids is 5. The Kier molecular flexibility index (Phi) is 13.5. The Hall–Kier alpha value is -5.79. The summed E-state index contributed by atoms with van der Waals surface area (Å²) in [5.41, 5.74) is -1.42. The van der Waals surface area contributed by atoms with Gasteiger partial charge in [0.05, 0.1) is 23.5 Å². The molecule has 13 rings (SSSR count). The van der Waals surface area contributed by atoms with Crippen molar-refractivity contribution in [3.8, 4) is 0 Å². The Balaban J connectivity index is 0.790. The molecule has 2 unspecified atom stereocenters. The predicted octanol–water partition coefficient (Wildman–Crippen LogP) is 19.1. The van der Waals surface area contributed by atoms with Gasteiger partial charge in [0.25, 0.3) is 23.6 Å². The average molecular weight is 1310 g/mol. The molecule has 424 valence electrons. The summed E-state index contributed by atoms with van der Waals surface area (Å²) in [4.78, 5) is 76.8. The molecule has 0 spiro atoms. The van der Waals surface area contributed by atoms with Crippen LogP contribution in [-0.4, -0.2) is 67.6 Å². The highest BCUT2D eigenvalue weighted by atomic mass is 79.9. The summed E-state index contributed by atoms with van der Waals surface area (Å²) >= 11 is 9.74. The SMILES string of the molecule is CCCCCCC(CCCCCC)N1C(=O)c2ccc3c4ccc5c6c(ccc(c7ccc(c2c37)C1=O)c64)C(=O)N(c1ccc(C(=O)c2ccc(C3=CC4=C6C(=C7C=C(C=C(Br)Br)SC7(C)C4(C)S3)C(F)(F)C(F)(F)C6(F)F)s2)cc1)C5=O. The van der Waals surface area contributed by atoms with Gasteiger partial charge in [0.1, 0.15) is 0 Å². The number of carbonyl (C=O) groups is 5. The first-order valence-electron chi connectivity index (χ1n) is 27.7. The molecule has 0 N–H and O–H groups in total. The second-order valence-electron chi connectivity index (χ2n) is 22.5. The van der Waals surface area contributed by atoms with Gasteiger partial charge >= 0.3 is 17.8 Å². The minimum absolute atomic E-state index is 0.198. The molecule has 83 heavy (non-hydrogen) atoms. The lowest BCUT2D eigenvalue weighted by Crippen LogP contribution is -2.48. The molecule has 7 nitrogen and oxygen atoms in total. The largest absolute Gasteiger partial charge is 0.380 e. The van der Waals surface area contributed by atoms with Crippen molar-refractivity contribution >= 4 is 150 Å². The molecular formula is C65H50Br2F6N2O5S3. The maximum absolute atomic E-state index is 15.9. The van der Waals surface area contributed by atoms with Gasteiger partial charge in [-0.15, -0.1) is 34.9 Å². The fourth-order valence-electron chi connectivity index (χ4n) is 13.6. The minimum atomic E-state index is -5.70. The first kappa shape index (κ1) is 56.3. The molecule has 1 fully saturated rings. The van der Waals surface area contributed by atoms with E-state index >= 15 is 26.3 Å². The number of halogens is 8. The molecule has 6 aromatic carbocycles. The normalized spacial score (nSPS) is 22.0. The number of amides is 4. The van der Waals surface area contributed by atoms with Crippen LogP contribution in [0, 0.1) is 0 Å². The number of anilines is 1. The van der Waals surface area contributed by atoms with E-state index in [1.165, 1.54) is 41.3 Å². The van der Waals surface area contributed by atoms with Crippen LogP contribution in [0.25, 0.3) is 48.0 Å². The lowest BCUT2D eigenvalue weighted by molar-refractivity contribution is -0.258. The number of rotatable bonds is 16. The average Bonchev–Trinajstić information content (AvgIpc) is 1.71. The maximum Gasteiger partial charge on any atom is 0.380 e. The number of allylic oxidation sites excluding steroid dienone is 5. The van der Waals surface area contributed by atoms with Gasteiger partial charge in [-0.3, -0.25) is 28.9 Å². The zero-order chi connectivity index (χ0) is 58.6. The fraction of sp³-hybridized carbons (Fsp3) is 0.308. The van der Waals surface area contributed by atoms with Gasteiger partial charge in [-0.1, -0.05) is 89.5 Å². The third-order valence-corrected chi connectivity index (χ3v) is 22.8.